The molecule has 0 radical (unpaired) electrons. The first-order valence-electron chi connectivity index (χ1n) is 12.9. The van der Waals surface area contributed by atoms with E-state index in [4.69, 9.17) is 0 Å². The molecule has 9 heteroatoms. The molecule has 0 spiro atoms. The first kappa shape index (κ1) is 29.8. The van der Waals surface area contributed by atoms with Crippen LogP contribution in [0.4, 0.5) is 10.1 Å². The van der Waals surface area contributed by atoms with Crippen molar-refractivity contribution in [3.8, 4) is 0 Å². The number of nitrogens with one attached hydrogen (secondary N) is 1. The van der Waals surface area contributed by atoms with Crippen LogP contribution in [0.2, 0.25) is 0 Å². The number of aryl methyl sites for hydroxylation is 2. The number of carbonyl (C=O) groups is 2. The summed E-state index contributed by atoms with van der Waals surface area (Å²) in [5, 5.41) is 2.84. The van der Waals surface area contributed by atoms with Crippen LogP contribution in [0.1, 0.15) is 37.5 Å². The van der Waals surface area contributed by atoms with Gasteiger partial charge in [0.15, 0.2) is 0 Å². The Hall–Kier alpha value is -3.72. The van der Waals surface area contributed by atoms with E-state index in [1.54, 1.807) is 19.1 Å². The second-order valence-corrected chi connectivity index (χ2v) is 12.0. The summed E-state index contributed by atoms with van der Waals surface area (Å²) in [6.45, 7) is 9.10. The highest BCUT2D eigenvalue weighted by atomic mass is 32.2. The van der Waals surface area contributed by atoms with Gasteiger partial charge < -0.3 is 10.2 Å². The molecule has 0 aromatic heterocycles. The Kier molecular flexibility index (Phi) is 9.86. The third kappa shape index (κ3) is 7.66. The molecule has 0 heterocycles. The summed E-state index contributed by atoms with van der Waals surface area (Å²) < 4.78 is 43.2. The first-order chi connectivity index (χ1) is 18.4. The third-order valence-corrected chi connectivity index (χ3v) is 8.11. The highest BCUT2D eigenvalue weighted by Crippen LogP contribution is 2.27. The van der Waals surface area contributed by atoms with Crippen LogP contribution in [0.3, 0.4) is 0 Å². The van der Waals surface area contributed by atoms with E-state index < -0.39 is 34.3 Å². The van der Waals surface area contributed by atoms with Gasteiger partial charge in [-0.3, -0.25) is 13.9 Å². The predicted molar refractivity (Wildman–Crippen MR) is 151 cm³/mol. The zero-order chi connectivity index (χ0) is 28.7. The molecule has 0 saturated carbocycles. The monoisotopic (exact) mass is 553 g/mol. The van der Waals surface area contributed by atoms with Crippen molar-refractivity contribution in [2.24, 2.45) is 5.92 Å². The zero-order valence-corrected chi connectivity index (χ0v) is 23.8. The minimum absolute atomic E-state index is 0.0723. The summed E-state index contributed by atoms with van der Waals surface area (Å²) in [6.07, 6.45) is 0. The number of anilines is 1. The summed E-state index contributed by atoms with van der Waals surface area (Å²) in [7, 11) is -4.32. The van der Waals surface area contributed by atoms with Gasteiger partial charge in [-0.15, -0.1) is 0 Å². The zero-order valence-electron chi connectivity index (χ0n) is 23.0. The normalized spacial score (nSPS) is 12.2. The number of para-hydroxylation sites is 1. The van der Waals surface area contributed by atoms with E-state index in [0.717, 1.165) is 27.1 Å². The Bertz CT molecular complexity index is 1390. The number of hydrogen-bond acceptors (Lipinski definition) is 4. The fourth-order valence-electron chi connectivity index (χ4n) is 3.93. The van der Waals surface area contributed by atoms with Crippen molar-refractivity contribution in [3.63, 3.8) is 0 Å². The molecular formula is C30H36FN3O4S. The Morgan fingerprint density at radius 2 is 1.44 bits per heavy atom. The van der Waals surface area contributed by atoms with Gasteiger partial charge in [0.2, 0.25) is 11.8 Å². The lowest BCUT2D eigenvalue weighted by Crippen LogP contribution is -2.51. The largest absolute Gasteiger partial charge is 0.354 e. The molecule has 3 rings (SSSR count). The Labute approximate surface area is 230 Å². The fraction of sp³-hybridized carbons (Fsp3) is 0.333. The Morgan fingerprint density at radius 1 is 0.872 bits per heavy atom. The van der Waals surface area contributed by atoms with Gasteiger partial charge in [-0.2, -0.15) is 0 Å². The van der Waals surface area contributed by atoms with E-state index in [0.29, 0.717) is 6.54 Å². The van der Waals surface area contributed by atoms with E-state index in [-0.39, 0.29) is 29.0 Å². The van der Waals surface area contributed by atoms with Crippen LogP contribution in [-0.4, -0.2) is 44.3 Å². The van der Waals surface area contributed by atoms with Gasteiger partial charge in [-0.05, 0) is 56.5 Å². The topological polar surface area (TPSA) is 86.8 Å². The van der Waals surface area contributed by atoms with Gasteiger partial charge in [-0.25, -0.2) is 12.8 Å². The van der Waals surface area contributed by atoms with E-state index in [1.165, 1.54) is 35.2 Å². The maximum absolute atomic E-state index is 15.0. The van der Waals surface area contributed by atoms with E-state index in [1.807, 2.05) is 52.0 Å². The van der Waals surface area contributed by atoms with Gasteiger partial charge >= 0.3 is 0 Å². The molecule has 7 nitrogen and oxygen atoms in total. The summed E-state index contributed by atoms with van der Waals surface area (Å²) >= 11 is 0. The van der Waals surface area contributed by atoms with Crippen LogP contribution < -0.4 is 9.62 Å². The van der Waals surface area contributed by atoms with Gasteiger partial charge in [0.1, 0.15) is 18.4 Å². The number of halogens is 1. The molecular weight excluding hydrogens is 517 g/mol. The lowest BCUT2D eigenvalue weighted by Gasteiger charge is -2.32. The second-order valence-electron chi connectivity index (χ2n) is 10.1. The molecule has 1 atom stereocenters. The maximum Gasteiger partial charge on any atom is 0.264 e. The maximum atomic E-state index is 15.0. The molecule has 0 bridgehead atoms. The SMILES string of the molecule is Cc1ccc(CN(C(=O)CN(c2ccccc2F)S(=O)(=O)c2ccc(C)cc2)C(C)C(=O)NCC(C)C)cc1. The number of nitrogens with zero attached hydrogens (tertiary/aromatic N) is 2. The summed E-state index contributed by atoms with van der Waals surface area (Å²) in [5.74, 6) is -1.57. The van der Waals surface area contributed by atoms with Crippen molar-refractivity contribution < 1.29 is 22.4 Å². The van der Waals surface area contributed by atoms with Crippen molar-refractivity contribution in [1.82, 2.24) is 10.2 Å². The number of sulfonamides is 1. The number of carbonyl (C=O) groups excluding carboxylic acids is 2. The minimum Gasteiger partial charge on any atom is -0.354 e. The van der Waals surface area contributed by atoms with Crippen molar-refractivity contribution in [1.29, 1.82) is 0 Å². The molecule has 3 aromatic carbocycles. The van der Waals surface area contributed by atoms with Crippen molar-refractivity contribution in [2.45, 2.75) is 52.1 Å². The fourth-order valence-corrected chi connectivity index (χ4v) is 5.35. The molecule has 0 saturated heterocycles. The number of rotatable bonds is 11. The van der Waals surface area contributed by atoms with Gasteiger partial charge in [-0.1, -0.05) is 73.5 Å². The molecule has 0 aliphatic carbocycles. The Balaban J connectivity index is 2.02. The number of benzene rings is 3. The standard InChI is InChI=1S/C30H36FN3O4S/c1-21(2)18-32-30(36)24(5)33(19-25-14-10-22(3)11-15-25)29(35)20-34(28-9-7-6-8-27(28)31)39(37,38)26-16-12-23(4)13-17-26/h6-17,21,24H,18-20H2,1-5H3,(H,32,36). The van der Waals surface area contributed by atoms with Crippen molar-refractivity contribution in [3.05, 3.63) is 95.3 Å². The summed E-state index contributed by atoms with van der Waals surface area (Å²) in [6, 6.07) is 18.1. The van der Waals surface area contributed by atoms with Gasteiger partial charge in [0.25, 0.3) is 10.0 Å². The van der Waals surface area contributed by atoms with Crippen molar-refractivity contribution >= 4 is 27.5 Å². The van der Waals surface area contributed by atoms with E-state index in [2.05, 4.69) is 5.32 Å². The smallest absolute Gasteiger partial charge is 0.264 e. The van der Waals surface area contributed by atoms with Crippen LogP contribution in [-0.2, 0) is 26.2 Å². The molecule has 0 aliphatic rings. The van der Waals surface area contributed by atoms with Crippen LogP contribution in [0, 0.1) is 25.6 Å². The third-order valence-electron chi connectivity index (χ3n) is 6.33. The molecule has 1 unspecified atom stereocenters. The van der Waals surface area contributed by atoms with Gasteiger partial charge in [0.05, 0.1) is 10.6 Å². The van der Waals surface area contributed by atoms with E-state index in [9.17, 15) is 22.4 Å². The average molecular weight is 554 g/mol. The minimum atomic E-state index is -4.32. The quantitative estimate of drug-likeness (QED) is 0.369. The molecule has 3 aromatic rings. The molecule has 0 fully saturated rings. The van der Waals surface area contributed by atoms with E-state index >= 15 is 0 Å². The van der Waals surface area contributed by atoms with Crippen LogP contribution in [0.15, 0.2) is 77.7 Å². The molecule has 2 amide bonds. The number of hydrogen-bond donors (Lipinski definition) is 1. The van der Waals surface area contributed by atoms with Crippen molar-refractivity contribution in [2.75, 3.05) is 17.4 Å². The lowest BCUT2D eigenvalue weighted by molar-refractivity contribution is -0.139. The second kappa shape index (κ2) is 12.9. The lowest BCUT2D eigenvalue weighted by atomic mass is 10.1. The number of amides is 2. The highest BCUT2D eigenvalue weighted by Gasteiger charge is 2.33. The highest BCUT2D eigenvalue weighted by molar-refractivity contribution is 7.92. The summed E-state index contributed by atoms with van der Waals surface area (Å²) in [4.78, 5) is 28.1. The Morgan fingerprint density at radius 3 is 2.00 bits per heavy atom. The molecule has 208 valence electrons. The van der Waals surface area contributed by atoms with Crippen LogP contribution in [0.25, 0.3) is 0 Å². The molecule has 0 aliphatic heterocycles. The molecule has 1 N–H and O–H groups in total. The summed E-state index contributed by atoms with van der Waals surface area (Å²) in [5.41, 5.74) is 2.41. The predicted octanol–water partition coefficient (Wildman–Crippen LogP) is 4.83. The van der Waals surface area contributed by atoms with Crippen LogP contribution >= 0.6 is 0 Å². The van der Waals surface area contributed by atoms with Gasteiger partial charge in [0, 0.05) is 13.1 Å². The molecule has 39 heavy (non-hydrogen) atoms. The first-order valence-corrected chi connectivity index (χ1v) is 14.3. The van der Waals surface area contributed by atoms with Crippen LogP contribution in [0.5, 0.6) is 0 Å². The average Bonchev–Trinajstić information content (AvgIpc) is 2.90.